The molecule has 3 aromatic heterocycles. The van der Waals surface area contributed by atoms with Crippen LogP contribution in [0, 0.1) is 6.92 Å². The molecule has 3 aromatic rings. The highest BCUT2D eigenvalue weighted by atomic mass is 16.3. The van der Waals surface area contributed by atoms with Gasteiger partial charge >= 0.3 is 0 Å². The lowest BCUT2D eigenvalue weighted by Crippen LogP contribution is -2.20. The van der Waals surface area contributed by atoms with Crippen molar-refractivity contribution in [1.29, 1.82) is 0 Å². The average Bonchev–Trinajstić information content (AvgIpc) is 3.27. The number of hydrogen-bond acceptors (Lipinski definition) is 6. The van der Waals surface area contributed by atoms with E-state index in [0.717, 1.165) is 17.1 Å². The normalized spacial score (nSPS) is 10.2. The summed E-state index contributed by atoms with van der Waals surface area (Å²) in [5.74, 6) is 0.944. The van der Waals surface area contributed by atoms with Crippen molar-refractivity contribution in [3.63, 3.8) is 0 Å². The standard InChI is InChI=1S/C14H18N8O.CH2O2/c1-9-13(20(3)8-16-9)14-18-11(5-12(23)15-2)19-22(14)10-6-17-21(4)7-10;2-1-3/h6-8H,5H2,1-4H3,(H,15,23);1H,(H,2,3). The first kappa shape index (κ1) is 18.8. The number of rotatable bonds is 4. The summed E-state index contributed by atoms with van der Waals surface area (Å²) in [6.45, 7) is 1.66. The van der Waals surface area contributed by atoms with Crippen molar-refractivity contribution in [3.05, 3.63) is 30.2 Å². The van der Waals surface area contributed by atoms with Gasteiger partial charge in [0.05, 0.1) is 30.8 Å². The molecule has 26 heavy (non-hydrogen) atoms. The second kappa shape index (κ2) is 8.05. The summed E-state index contributed by atoms with van der Waals surface area (Å²) in [6, 6.07) is 0. The van der Waals surface area contributed by atoms with Crippen LogP contribution in [0.2, 0.25) is 0 Å². The maximum atomic E-state index is 11.6. The quantitative estimate of drug-likeness (QED) is 0.610. The van der Waals surface area contributed by atoms with Crippen LogP contribution in [-0.4, -0.2) is 58.6 Å². The van der Waals surface area contributed by atoms with Crippen molar-refractivity contribution in [1.82, 2.24) is 39.4 Å². The molecule has 11 heteroatoms. The van der Waals surface area contributed by atoms with Crippen molar-refractivity contribution in [2.75, 3.05) is 7.05 Å². The molecule has 0 bridgehead atoms. The molecular formula is C15H20N8O3. The number of imidazole rings is 1. The summed E-state index contributed by atoms with van der Waals surface area (Å²) < 4.78 is 5.26. The Hall–Kier alpha value is -3.50. The van der Waals surface area contributed by atoms with E-state index in [2.05, 4.69) is 25.5 Å². The van der Waals surface area contributed by atoms with Crippen LogP contribution in [0.5, 0.6) is 0 Å². The Labute approximate surface area is 149 Å². The highest BCUT2D eigenvalue weighted by molar-refractivity contribution is 5.77. The monoisotopic (exact) mass is 360 g/mol. The van der Waals surface area contributed by atoms with Gasteiger partial charge in [-0.25, -0.2) is 14.6 Å². The summed E-state index contributed by atoms with van der Waals surface area (Å²) >= 11 is 0. The molecule has 0 spiro atoms. The van der Waals surface area contributed by atoms with Crippen LogP contribution in [0.1, 0.15) is 11.5 Å². The Morgan fingerprint density at radius 2 is 2.08 bits per heavy atom. The van der Waals surface area contributed by atoms with Gasteiger partial charge in [0.25, 0.3) is 6.47 Å². The van der Waals surface area contributed by atoms with Crippen LogP contribution in [0.15, 0.2) is 18.7 Å². The topological polar surface area (TPSA) is 133 Å². The minimum absolute atomic E-state index is 0.119. The maximum absolute atomic E-state index is 11.6. The Morgan fingerprint density at radius 1 is 1.38 bits per heavy atom. The maximum Gasteiger partial charge on any atom is 0.290 e. The Bertz CT molecular complexity index is 889. The lowest BCUT2D eigenvalue weighted by Gasteiger charge is -2.04. The van der Waals surface area contributed by atoms with Crippen molar-refractivity contribution < 1.29 is 14.7 Å². The fourth-order valence-corrected chi connectivity index (χ4v) is 2.38. The minimum atomic E-state index is -0.250. The third-order valence-electron chi connectivity index (χ3n) is 3.52. The summed E-state index contributed by atoms with van der Waals surface area (Å²) in [4.78, 5) is 28.8. The van der Waals surface area contributed by atoms with E-state index in [1.165, 1.54) is 0 Å². The van der Waals surface area contributed by atoms with Crippen LogP contribution in [-0.2, 0) is 30.1 Å². The van der Waals surface area contributed by atoms with Crippen molar-refractivity contribution >= 4 is 12.4 Å². The molecule has 0 aliphatic carbocycles. The van der Waals surface area contributed by atoms with Crippen molar-refractivity contribution in [3.8, 4) is 17.2 Å². The van der Waals surface area contributed by atoms with Gasteiger partial charge in [-0.1, -0.05) is 0 Å². The Balaban J connectivity index is 0.000000758. The molecule has 0 radical (unpaired) electrons. The fourth-order valence-electron chi connectivity index (χ4n) is 2.38. The number of likely N-dealkylation sites (N-methyl/N-ethyl adjacent to an activating group) is 1. The van der Waals surface area contributed by atoms with E-state index in [1.807, 2.05) is 31.8 Å². The van der Waals surface area contributed by atoms with Crippen molar-refractivity contribution in [2.24, 2.45) is 14.1 Å². The predicted octanol–water partition coefficient (Wildman–Crippen LogP) is -0.301. The number of aryl methyl sites for hydroxylation is 3. The van der Waals surface area contributed by atoms with Gasteiger partial charge in [-0.15, -0.1) is 5.10 Å². The van der Waals surface area contributed by atoms with Gasteiger partial charge in [0, 0.05) is 21.1 Å². The first-order valence-electron chi connectivity index (χ1n) is 7.62. The average molecular weight is 360 g/mol. The molecule has 3 rings (SSSR count). The van der Waals surface area contributed by atoms with Gasteiger partial charge in [-0.2, -0.15) is 5.10 Å². The van der Waals surface area contributed by atoms with E-state index in [1.54, 1.807) is 28.9 Å². The van der Waals surface area contributed by atoms with Gasteiger partial charge in [0.15, 0.2) is 11.6 Å². The molecule has 0 aliphatic heterocycles. The van der Waals surface area contributed by atoms with Crippen LogP contribution in [0.25, 0.3) is 17.2 Å². The number of carbonyl (C=O) groups is 2. The van der Waals surface area contributed by atoms with Gasteiger partial charge in [-0.3, -0.25) is 14.3 Å². The van der Waals surface area contributed by atoms with Crippen LogP contribution >= 0.6 is 0 Å². The molecule has 0 saturated heterocycles. The molecule has 11 nitrogen and oxygen atoms in total. The van der Waals surface area contributed by atoms with E-state index >= 15 is 0 Å². The highest BCUT2D eigenvalue weighted by Gasteiger charge is 2.20. The zero-order chi connectivity index (χ0) is 19.3. The smallest absolute Gasteiger partial charge is 0.290 e. The lowest BCUT2D eigenvalue weighted by atomic mass is 10.3. The molecule has 0 saturated carbocycles. The lowest BCUT2D eigenvalue weighted by molar-refractivity contribution is -0.123. The van der Waals surface area contributed by atoms with E-state index in [-0.39, 0.29) is 18.8 Å². The fraction of sp³-hybridized carbons (Fsp3) is 0.333. The zero-order valence-electron chi connectivity index (χ0n) is 14.9. The van der Waals surface area contributed by atoms with Gasteiger partial charge in [0.2, 0.25) is 5.91 Å². The number of nitrogens with zero attached hydrogens (tertiary/aromatic N) is 7. The highest BCUT2D eigenvalue weighted by Crippen LogP contribution is 2.23. The second-order valence-corrected chi connectivity index (χ2v) is 5.38. The van der Waals surface area contributed by atoms with Crippen molar-refractivity contribution in [2.45, 2.75) is 13.3 Å². The summed E-state index contributed by atoms with van der Waals surface area (Å²) in [5, 5.41) is 18.1. The Kier molecular flexibility index (Phi) is 5.83. The molecule has 0 unspecified atom stereocenters. The third kappa shape index (κ3) is 3.94. The second-order valence-electron chi connectivity index (χ2n) is 5.38. The first-order valence-corrected chi connectivity index (χ1v) is 7.62. The summed E-state index contributed by atoms with van der Waals surface area (Å²) in [5.41, 5.74) is 2.47. The molecule has 0 aromatic carbocycles. The molecule has 1 amide bonds. The van der Waals surface area contributed by atoms with Crippen LogP contribution in [0.3, 0.4) is 0 Å². The van der Waals surface area contributed by atoms with E-state index in [9.17, 15) is 4.79 Å². The first-order chi connectivity index (χ1) is 12.4. The number of aromatic nitrogens is 7. The van der Waals surface area contributed by atoms with Gasteiger partial charge in [0.1, 0.15) is 11.4 Å². The molecule has 138 valence electrons. The zero-order valence-corrected chi connectivity index (χ0v) is 14.9. The number of nitrogens with one attached hydrogen (secondary N) is 1. The van der Waals surface area contributed by atoms with E-state index in [0.29, 0.717) is 11.6 Å². The SMILES string of the molecule is CNC(=O)Cc1nc(-c2c(C)ncn2C)n(-c2cnn(C)c2)n1.O=CO. The number of carboxylic acid groups (broad SMARTS) is 1. The summed E-state index contributed by atoms with van der Waals surface area (Å²) in [7, 11) is 5.32. The van der Waals surface area contributed by atoms with E-state index < -0.39 is 0 Å². The number of amides is 1. The molecule has 2 N–H and O–H groups in total. The van der Waals surface area contributed by atoms with E-state index in [4.69, 9.17) is 9.90 Å². The molecule has 0 aliphatic rings. The molecule has 0 fully saturated rings. The Morgan fingerprint density at radius 3 is 2.58 bits per heavy atom. The molecular weight excluding hydrogens is 340 g/mol. The molecule has 3 heterocycles. The largest absolute Gasteiger partial charge is 0.483 e. The number of hydrogen-bond donors (Lipinski definition) is 2. The number of carbonyl (C=O) groups excluding carboxylic acids is 1. The summed E-state index contributed by atoms with van der Waals surface area (Å²) in [6.07, 6.45) is 5.39. The molecule has 0 atom stereocenters. The minimum Gasteiger partial charge on any atom is -0.483 e. The van der Waals surface area contributed by atoms with Crippen LogP contribution < -0.4 is 5.32 Å². The van der Waals surface area contributed by atoms with Gasteiger partial charge < -0.3 is 15.0 Å². The van der Waals surface area contributed by atoms with Gasteiger partial charge in [-0.05, 0) is 6.92 Å². The predicted molar refractivity (Wildman–Crippen MR) is 91.5 cm³/mol. The van der Waals surface area contributed by atoms with Crippen LogP contribution in [0.4, 0.5) is 0 Å². The third-order valence-corrected chi connectivity index (χ3v) is 3.52.